The second-order valence-corrected chi connectivity index (χ2v) is 6.53. The fraction of sp³-hybridized carbons (Fsp3) is 0.583. The molecule has 8 heteroatoms. The number of hydrogen-bond acceptors (Lipinski definition) is 5. The van der Waals surface area contributed by atoms with Gasteiger partial charge in [0.1, 0.15) is 22.0 Å². The predicted molar refractivity (Wildman–Crippen MR) is 71.2 cm³/mol. The number of aryl methyl sites for hydroxylation is 2. The number of hydrogen-bond donors (Lipinski definition) is 3. The lowest BCUT2D eigenvalue weighted by Crippen LogP contribution is -2.41. The molecule has 0 fully saturated rings. The number of aliphatic hydroxyl groups excluding tert-OH is 1. The van der Waals surface area contributed by atoms with Gasteiger partial charge in [0.2, 0.25) is 10.0 Å². The molecule has 7 nitrogen and oxygen atoms in total. The first-order valence-corrected chi connectivity index (χ1v) is 7.56. The monoisotopic (exact) mass is 305 g/mol. The number of sulfonamides is 1. The summed E-state index contributed by atoms with van der Waals surface area (Å²) in [6, 6.07) is -0.698. The molecule has 0 aliphatic heterocycles. The van der Waals surface area contributed by atoms with Gasteiger partial charge in [-0.15, -0.1) is 0 Å². The van der Waals surface area contributed by atoms with E-state index in [2.05, 4.69) is 4.72 Å². The Morgan fingerprint density at radius 1 is 1.30 bits per heavy atom. The highest BCUT2D eigenvalue weighted by molar-refractivity contribution is 7.89. The Morgan fingerprint density at radius 3 is 2.25 bits per heavy atom. The van der Waals surface area contributed by atoms with E-state index in [1.807, 2.05) is 0 Å². The maximum atomic E-state index is 12.3. The molecule has 0 spiro atoms. The highest BCUT2D eigenvalue weighted by Crippen LogP contribution is 2.27. The van der Waals surface area contributed by atoms with Gasteiger partial charge in [-0.3, -0.25) is 0 Å². The third kappa shape index (κ3) is 3.20. The van der Waals surface area contributed by atoms with E-state index in [1.54, 1.807) is 13.8 Å². The van der Waals surface area contributed by atoms with E-state index in [0.29, 0.717) is 0 Å². The van der Waals surface area contributed by atoms with Crippen molar-refractivity contribution in [3.63, 3.8) is 0 Å². The zero-order valence-corrected chi connectivity index (χ0v) is 12.6. The summed E-state index contributed by atoms with van der Waals surface area (Å²) < 4.78 is 32.1. The summed E-state index contributed by atoms with van der Waals surface area (Å²) in [5.41, 5.74) is -0.379. The van der Waals surface area contributed by atoms with Gasteiger partial charge in [-0.25, -0.2) is 17.9 Å². The van der Waals surface area contributed by atoms with Gasteiger partial charge >= 0.3 is 5.97 Å². The Kier molecular flexibility index (Phi) is 4.95. The molecule has 0 bridgehead atoms. The van der Waals surface area contributed by atoms with Gasteiger partial charge in [0.05, 0.1) is 6.61 Å². The molecule has 0 unspecified atom stereocenters. The summed E-state index contributed by atoms with van der Waals surface area (Å²) in [6.07, 6.45) is 0. The van der Waals surface area contributed by atoms with Crippen LogP contribution >= 0.6 is 0 Å². The normalized spacial score (nSPS) is 13.7. The number of rotatable bonds is 6. The van der Waals surface area contributed by atoms with Crippen LogP contribution in [0.15, 0.2) is 9.31 Å². The molecule has 0 amide bonds. The molecule has 1 rings (SSSR count). The smallest absolute Gasteiger partial charge is 0.340 e. The van der Waals surface area contributed by atoms with E-state index >= 15 is 0 Å². The van der Waals surface area contributed by atoms with E-state index in [9.17, 15) is 18.3 Å². The molecular weight excluding hydrogens is 286 g/mol. The second-order valence-electron chi connectivity index (χ2n) is 4.88. The molecule has 114 valence electrons. The van der Waals surface area contributed by atoms with Crippen LogP contribution < -0.4 is 4.72 Å². The average Bonchev–Trinajstić information content (AvgIpc) is 2.61. The number of furan rings is 1. The quantitative estimate of drug-likeness (QED) is 0.718. The maximum absolute atomic E-state index is 12.3. The van der Waals surface area contributed by atoms with E-state index in [4.69, 9.17) is 9.52 Å². The van der Waals surface area contributed by atoms with E-state index in [0.717, 1.165) is 0 Å². The third-order valence-electron chi connectivity index (χ3n) is 3.00. The standard InChI is InChI=1S/C12H19NO6S/c1-6(2)9(5-14)13-20(17,18)11-8(4)19-7(3)10(11)12(15)16/h6,9,13-14H,5H2,1-4H3,(H,15,16)/t9-/m1/s1. The largest absolute Gasteiger partial charge is 0.478 e. The molecule has 0 saturated carbocycles. The molecule has 1 aromatic rings. The number of carboxylic acids is 1. The van der Waals surface area contributed by atoms with Crippen LogP contribution in [0, 0.1) is 19.8 Å². The summed E-state index contributed by atoms with van der Waals surface area (Å²) in [5.74, 6) is -1.48. The van der Waals surface area contributed by atoms with Crippen molar-refractivity contribution in [2.45, 2.75) is 38.6 Å². The predicted octanol–water partition coefficient (Wildman–Crippen LogP) is 0.890. The number of aromatic carboxylic acids is 1. The molecule has 0 aliphatic carbocycles. The summed E-state index contributed by atoms with van der Waals surface area (Å²) >= 11 is 0. The van der Waals surface area contributed by atoms with E-state index in [1.165, 1.54) is 13.8 Å². The second kappa shape index (κ2) is 5.94. The fourth-order valence-electron chi connectivity index (χ4n) is 1.88. The van der Waals surface area contributed by atoms with Crippen molar-refractivity contribution in [1.82, 2.24) is 4.72 Å². The van der Waals surface area contributed by atoms with Gasteiger partial charge in [-0.1, -0.05) is 13.8 Å². The molecule has 1 atom stereocenters. The SMILES string of the molecule is Cc1oc(C)c(S(=O)(=O)N[C@H](CO)C(C)C)c1C(=O)O. The summed E-state index contributed by atoms with van der Waals surface area (Å²) in [7, 11) is -4.09. The van der Waals surface area contributed by atoms with Crippen LogP contribution in [0.4, 0.5) is 0 Å². The Bertz CT molecular complexity index is 602. The first-order chi connectivity index (χ1) is 9.11. The number of aliphatic hydroxyl groups is 1. The van der Waals surface area contributed by atoms with Crippen LogP contribution in [0.3, 0.4) is 0 Å². The molecule has 1 heterocycles. The number of carbonyl (C=O) groups is 1. The summed E-state index contributed by atoms with van der Waals surface area (Å²) in [6.45, 7) is 5.89. The minimum atomic E-state index is -4.09. The van der Waals surface area contributed by atoms with Crippen molar-refractivity contribution < 1.29 is 27.8 Å². The Morgan fingerprint density at radius 2 is 1.85 bits per heavy atom. The topological polar surface area (TPSA) is 117 Å². The Balaban J connectivity index is 3.33. The van der Waals surface area contributed by atoms with Crippen LogP contribution in [0.5, 0.6) is 0 Å². The van der Waals surface area contributed by atoms with Crippen LogP contribution in [0.1, 0.15) is 35.7 Å². The minimum absolute atomic E-state index is 0.00726. The fourth-order valence-corrected chi connectivity index (χ4v) is 3.66. The molecule has 0 radical (unpaired) electrons. The van der Waals surface area contributed by atoms with Gasteiger partial charge < -0.3 is 14.6 Å². The van der Waals surface area contributed by atoms with Crippen molar-refractivity contribution in [3.05, 3.63) is 17.1 Å². The molecule has 1 aromatic heterocycles. The van der Waals surface area contributed by atoms with Gasteiger partial charge in [0.25, 0.3) is 0 Å². The first kappa shape index (κ1) is 16.7. The number of nitrogens with one attached hydrogen (secondary N) is 1. The van der Waals surface area contributed by atoms with Gasteiger partial charge in [-0.05, 0) is 19.8 Å². The van der Waals surface area contributed by atoms with Crippen molar-refractivity contribution in [1.29, 1.82) is 0 Å². The van der Waals surface area contributed by atoms with Crippen molar-refractivity contribution >= 4 is 16.0 Å². The summed E-state index contributed by atoms with van der Waals surface area (Å²) in [5, 5.41) is 18.3. The molecular formula is C12H19NO6S. The first-order valence-electron chi connectivity index (χ1n) is 6.08. The highest BCUT2D eigenvalue weighted by Gasteiger charge is 2.32. The molecule has 3 N–H and O–H groups in total. The highest BCUT2D eigenvalue weighted by atomic mass is 32.2. The number of carboxylic acid groups (broad SMARTS) is 1. The maximum Gasteiger partial charge on any atom is 0.340 e. The summed E-state index contributed by atoms with van der Waals surface area (Å²) in [4.78, 5) is 10.8. The van der Waals surface area contributed by atoms with E-state index < -0.39 is 22.0 Å². The lowest BCUT2D eigenvalue weighted by atomic mass is 10.1. The third-order valence-corrected chi connectivity index (χ3v) is 4.64. The lowest BCUT2D eigenvalue weighted by Gasteiger charge is -2.19. The molecule has 20 heavy (non-hydrogen) atoms. The Hall–Kier alpha value is -1.38. The molecule has 0 aliphatic rings. The van der Waals surface area contributed by atoms with E-state index in [-0.39, 0.29) is 34.5 Å². The van der Waals surface area contributed by atoms with Crippen LogP contribution in [-0.4, -0.2) is 37.2 Å². The minimum Gasteiger partial charge on any atom is -0.478 e. The average molecular weight is 305 g/mol. The Labute approximate surface area is 117 Å². The molecule has 0 aromatic carbocycles. The van der Waals surface area contributed by atoms with Crippen molar-refractivity contribution in [2.24, 2.45) is 5.92 Å². The van der Waals surface area contributed by atoms with Crippen LogP contribution in [-0.2, 0) is 10.0 Å². The van der Waals surface area contributed by atoms with Gasteiger partial charge in [0.15, 0.2) is 0 Å². The van der Waals surface area contributed by atoms with Gasteiger partial charge in [-0.2, -0.15) is 0 Å². The van der Waals surface area contributed by atoms with Crippen LogP contribution in [0.2, 0.25) is 0 Å². The zero-order chi connectivity index (χ0) is 15.7. The van der Waals surface area contributed by atoms with Crippen molar-refractivity contribution in [3.8, 4) is 0 Å². The lowest BCUT2D eigenvalue weighted by molar-refractivity contribution is 0.0691. The molecule has 0 saturated heterocycles. The van der Waals surface area contributed by atoms with Crippen LogP contribution in [0.25, 0.3) is 0 Å². The van der Waals surface area contributed by atoms with Crippen molar-refractivity contribution in [2.75, 3.05) is 6.61 Å². The van der Waals surface area contributed by atoms with Gasteiger partial charge in [0, 0.05) is 6.04 Å². The zero-order valence-electron chi connectivity index (χ0n) is 11.8.